The number of nitrogens with two attached hydrogens (primary N) is 1. The second-order valence-corrected chi connectivity index (χ2v) is 4.53. The molecule has 1 rings (SSSR count). The highest BCUT2D eigenvalue weighted by Crippen LogP contribution is 2.15. The zero-order chi connectivity index (χ0) is 12.6. The van der Waals surface area contributed by atoms with Crippen molar-refractivity contribution in [3.8, 4) is 0 Å². The van der Waals surface area contributed by atoms with E-state index in [0.29, 0.717) is 32.8 Å². The minimum Gasteiger partial charge on any atom is -0.381 e. The summed E-state index contributed by atoms with van der Waals surface area (Å²) >= 11 is 0. The van der Waals surface area contributed by atoms with Crippen LogP contribution >= 0.6 is 0 Å². The zero-order valence-electron chi connectivity index (χ0n) is 10.7. The van der Waals surface area contributed by atoms with E-state index in [1.807, 2.05) is 0 Å². The molecule has 17 heavy (non-hydrogen) atoms. The third-order valence-electron chi connectivity index (χ3n) is 2.90. The Labute approximate surface area is 103 Å². The number of rotatable bonds is 8. The number of carbonyl (C=O) groups is 1. The van der Waals surface area contributed by atoms with Crippen LogP contribution in [0.3, 0.4) is 0 Å². The summed E-state index contributed by atoms with van der Waals surface area (Å²) in [5.41, 5.74) is 5.10. The van der Waals surface area contributed by atoms with Gasteiger partial charge in [-0.3, -0.25) is 4.79 Å². The number of hydrogen-bond donors (Lipinski definition) is 2. The molecule has 0 radical (unpaired) electrons. The molecule has 0 spiro atoms. The Morgan fingerprint density at radius 3 is 2.88 bits per heavy atom. The zero-order valence-corrected chi connectivity index (χ0v) is 10.7. The van der Waals surface area contributed by atoms with Crippen molar-refractivity contribution in [3.63, 3.8) is 0 Å². The summed E-state index contributed by atoms with van der Waals surface area (Å²) in [7, 11) is 0. The average Bonchev–Trinajstić information content (AvgIpc) is 2.76. The highest BCUT2D eigenvalue weighted by Gasteiger charge is 2.37. The standard InChI is InChI=1S/C12H24N2O3/c1-2-3-7-16-8-4-6-14-11(15)12(13)5-9-17-10-12/h2-10,13H2,1H3,(H,14,15). The maximum Gasteiger partial charge on any atom is 0.242 e. The molecule has 0 aliphatic carbocycles. The molecule has 1 saturated heterocycles. The molecule has 1 aliphatic rings. The van der Waals surface area contributed by atoms with E-state index in [4.69, 9.17) is 15.2 Å². The first-order chi connectivity index (χ1) is 8.19. The van der Waals surface area contributed by atoms with Crippen LogP contribution in [0.5, 0.6) is 0 Å². The van der Waals surface area contributed by atoms with Crippen molar-refractivity contribution >= 4 is 5.91 Å². The van der Waals surface area contributed by atoms with Crippen LogP contribution in [0.4, 0.5) is 0 Å². The SMILES string of the molecule is CCCCOCCCNC(=O)C1(N)CCOC1. The molecule has 3 N–H and O–H groups in total. The second-order valence-electron chi connectivity index (χ2n) is 4.53. The Hall–Kier alpha value is -0.650. The molecule has 1 fully saturated rings. The Morgan fingerprint density at radius 1 is 1.47 bits per heavy atom. The van der Waals surface area contributed by atoms with Crippen molar-refractivity contribution in [2.75, 3.05) is 33.0 Å². The van der Waals surface area contributed by atoms with Gasteiger partial charge in [0.15, 0.2) is 0 Å². The smallest absolute Gasteiger partial charge is 0.242 e. The van der Waals surface area contributed by atoms with Crippen LogP contribution in [0.2, 0.25) is 0 Å². The Morgan fingerprint density at radius 2 is 2.24 bits per heavy atom. The van der Waals surface area contributed by atoms with Crippen LogP contribution in [0.25, 0.3) is 0 Å². The Balaban J connectivity index is 2.00. The van der Waals surface area contributed by atoms with E-state index in [1.165, 1.54) is 0 Å². The van der Waals surface area contributed by atoms with Gasteiger partial charge in [-0.05, 0) is 19.3 Å². The van der Waals surface area contributed by atoms with Gasteiger partial charge in [-0.25, -0.2) is 0 Å². The van der Waals surface area contributed by atoms with Crippen molar-refractivity contribution in [2.45, 2.75) is 38.1 Å². The van der Waals surface area contributed by atoms with E-state index in [0.717, 1.165) is 25.9 Å². The van der Waals surface area contributed by atoms with Crippen LogP contribution in [0.1, 0.15) is 32.6 Å². The highest BCUT2D eigenvalue weighted by atomic mass is 16.5. The fourth-order valence-electron chi connectivity index (χ4n) is 1.66. The van der Waals surface area contributed by atoms with Crippen molar-refractivity contribution in [1.82, 2.24) is 5.32 Å². The number of unbranched alkanes of at least 4 members (excludes halogenated alkanes) is 1. The van der Waals surface area contributed by atoms with Gasteiger partial charge in [0.2, 0.25) is 5.91 Å². The summed E-state index contributed by atoms with van der Waals surface area (Å²) in [6.07, 6.45) is 3.67. The molecule has 0 bridgehead atoms. The second kappa shape index (κ2) is 7.63. The summed E-state index contributed by atoms with van der Waals surface area (Å²) in [5, 5.41) is 2.83. The van der Waals surface area contributed by atoms with Crippen molar-refractivity contribution in [2.24, 2.45) is 5.73 Å². The monoisotopic (exact) mass is 244 g/mol. The van der Waals surface area contributed by atoms with Gasteiger partial charge in [-0.15, -0.1) is 0 Å². The third-order valence-corrected chi connectivity index (χ3v) is 2.90. The number of ether oxygens (including phenoxy) is 2. The van der Waals surface area contributed by atoms with Crippen molar-refractivity contribution in [3.05, 3.63) is 0 Å². The summed E-state index contributed by atoms with van der Waals surface area (Å²) in [6, 6.07) is 0. The quantitative estimate of drug-likeness (QED) is 0.607. The maximum absolute atomic E-state index is 11.7. The Bertz CT molecular complexity index is 228. The molecule has 1 unspecified atom stereocenters. The first kappa shape index (κ1) is 14.4. The molecule has 5 nitrogen and oxygen atoms in total. The number of nitrogens with one attached hydrogen (secondary N) is 1. The summed E-state index contributed by atoms with van der Waals surface area (Å²) in [5.74, 6) is -0.108. The summed E-state index contributed by atoms with van der Waals surface area (Å²) < 4.78 is 10.5. The van der Waals surface area contributed by atoms with Gasteiger partial charge in [0.1, 0.15) is 5.54 Å². The highest BCUT2D eigenvalue weighted by molar-refractivity contribution is 5.86. The minimum absolute atomic E-state index is 0.108. The minimum atomic E-state index is -0.816. The van der Waals surface area contributed by atoms with Crippen molar-refractivity contribution in [1.29, 1.82) is 0 Å². The lowest BCUT2D eigenvalue weighted by Crippen LogP contribution is -2.54. The number of amides is 1. The van der Waals surface area contributed by atoms with E-state index in [2.05, 4.69) is 12.2 Å². The van der Waals surface area contributed by atoms with Crippen LogP contribution in [0.15, 0.2) is 0 Å². The number of hydrogen-bond acceptors (Lipinski definition) is 4. The Kier molecular flexibility index (Phi) is 6.47. The van der Waals surface area contributed by atoms with Gasteiger partial charge >= 0.3 is 0 Å². The van der Waals surface area contributed by atoms with E-state index in [1.54, 1.807) is 0 Å². The van der Waals surface area contributed by atoms with E-state index >= 15 is 0 Å². The average molecular weight is 244 g/mol. The molecule has 1 amide bonds. The lowest BCUT2D eigenvalue weighted by Gasteiger charge is -2.20. The molecule has 100 valence electrons. The number of carbonyl (C=O) groups excluding carboxylic acids is 1. The van der Waals surface area contributed by atoms with E-state index < -0.39 is 5.54 Å². The molecule has 5 heteroatoms. The normalized spacial score (nSPS) is 23.9. The third kappa shape index (κ3) is 5.02. The van der Waals surface area contributed by atoms with E-state index in [9.17, 15) is 4.79 Å². The largest absolute Gasteiger partial charge is 0.381 e. The fraction of sp³-hybridized carbons (Fsp3) is 0.917. The summed E-state index contributed by atoms with van der Waals surface area (Å²) in [4.78, 5) is 11.7. The van der Waals surface area contributed by atoms with Gasteiger partial charge in [0.05, 0.1) is 6.61 Å². The lowest BCUT2D eigenvalue weighted by atomic mass is 9.99. The van der Waals surface area contributed by atoms with Crippen LogP contribution < -0.4 is 11.1 Å². The molecule has 0 aromatic rings. The molecule has 1 heterocycles. The van der Waals surface area contributed by atoms with Crippen molar-refractivity contribution < 1.29 is 14.3 Å². The molecule has 1 atom stereocenters. The fourth-order valence-corrected chi connectivity index (χ4v) is 1.66. The topological polar surface area (TPSA) is 73.6 Å². The first-order valence-corrected chi connectivity index (χ1v) is 6.42. The van der Waals surface area contributed by atoms with Crippen LogP contribution in [-0.4, -0.2) is 44.4 Å². The predicted octanol–water partition coefficient (Wildman–Crippen LogP) is 0.427. The lowest BCUT2D eigenvalue weighted by molar-refractivity contribution is -0.126. The molecule has 0 saturated carbocycles. The van der Waals surface area contributed by atoms with Crippen LogP contribution in [0, 0.1) is 0 Å². The molecule has 0 aromatic heterocycles. The van der Waals surface area contributed by atoms with Gasteiger partial charge in [0, 0.05) is 26.4 Å². The molecule has 1 aliphatic heterocycles. The molecular weight excluding hydrogens is 220 g/mol. The van der Waals surface area contributed by atoms with Gasteiger partial charge < -0.3 is 20.5 Å². The van der Waals surface area contributed by atoms with Gasteiger partial charge in [0.25, 0.3) is 0 Å². The molecular formula is C12H24N2O3. The molecule has 0 aromatic carbocycles. The maximum atomic E-state index is 11.7. The first-order valence-electron chi connectivity index (χ1n) is 6.42. The summed E-state index contributed by atoms with van der Waals surface area (Å²) in [6.45, 7) is 5.14. The van der Waals surface area contributed by atoms with Gasteiger partial charge in [-0.2, -0.15) is 0 Å². The van der Waals surface area contributed by atoms with Gasteiger partial charge in [-0.1, -0.05) is 13.3 Å². The van der Waals surface area contributed by atoms with E-state index in [-0.39, 0.29) is 5.91 Å². The van der Waals surface area contributed by atoms with Crippen LogP contribution in [-0.2, 0) is 14.3 Å². The predicted molar refractivity (Wildman–Crippen MR) is 65.7 cm³/mol.